The number of rotatable bonds is 4. The third-order valence-electron chi connectivity index (χ3n) is 4.19. The van der Waals surface area contributed by atoms with Crippen LogP contribution in [0.3, 0.4) is 0 Å². The third kappa shape index (κ3) is 2.85. The van der Waals surface area contributed by atoms with Crippen molar-refractivity contribution in [3.05, 3.63) is 70.7 Å². The number of nitrogens with one attached hydrogen (secondary N) is 1. The minimum atomic E-state index is -0.114. The van der Waals surface area contributed by atoms with Crippen LogP contribution in [0.25, 0.3) is 16.1 Å². The van der Waals surface area contributed by atoms with Gasteiger partial charge in [-0.15, -0.1) is 11.3 Å². The first kappa shape index (κ1) is 15.7. The Kier molecular flexibility index (Phi) is 3.89. The largest absolute Gasteiger partial charge is 0.459 e. The number of amides is 1. The van der Waals surface area contributed by atoms with Crippen molar-refractivity contribution in [2.45, 2.75) is 20.4 Å². The second kappa shape index (κ2) is 6.22. The first-order chi connectivity index (χ1) is 12.1. The van der Waals surface area contributed by atoms with Gasteiger partial charge in [0.2, 0.25) is 0 Å². The van der Waals surface area contributed by atoms with Gasteiger partial charge >= 0.3 is 0 Å². The van der Waals surface area contributed by atoms with Gasteiger partial charge in [0.1, 0.15) is 11.3 Å². The van der Waals surface area contributed by atoms with Crippen molar-refractivity contribution < 1.29 is 9.21 Å². The lowest BCUT2D eigenvalue weighted by molar-refractivity contribution is 0.0947. The molecule has 0 aliphatic rings. The standard InChI is InChI=1S/C19H17N3O2S/c1-12-9-16(13(2)22(12)19-20-7-8-25-19)18(23)21-11-15-10-14-5-3-4-6-17(14)24-15/h3-10H,11H2,1-2H3,(H,21,23). The molecule has 3 heterocycles. The number of carbonyl (C=O) groups is 1. The Balaban J connectivity index is 1.54. The van der Waals surface area contributed by atoms with E-state index in [1.54, 1.807) is 17.5 Å². The van der Waals surface area contributed by atoms with Gasteiger partial charge < -0.3 is 9.73 Å². The molecule has 0 aliphatic carbocycles. The fourth-order valence-corrected chi connectivity index (χ4v) is 3.75. The van der Waals surface area contributed by atoms with Gasteiger partial charge in [-0.2, -0.15) is 0 Å². The van der Waals surface area contributed by atoms with Gasteiger partial charge in [-0.1, -0.05) is 18.2 Å². The number of hydrogen-bond acceptors (Lipinski definition) is 4. The van der Waals surface area contributed by atoms with Gasteiger partial charge in [-0.3, -0.25) is 9.36 Å². The summed E-state index contributed by atoms with van der Waals surface area (Å²) in [7, 11) is 0. The predicted octanol–water partition coefficient (Wildman–Crippen LogP) is 4.23. The maximum absolute atomic E-state index is 12.6. The van der Waals surface area contributed by atoms with Gasteiger partial charge in [0, 0.05) is 28.4 Å². The number of para-hydroxylation sites is 1. The molecule has 126 valence electrons. The summed E-state index contributed by atoms with van der Waals surface area (Å²) >= 11 is 1.55. The topological polar surface area (TPSA) is 60.1 Å². The molecule has 0 spiro atoms. The molecular weight excluding hydrogens is 334 g/mol. The Hall–Kier alpha value is -2.86. The lowest BCUT2D eigenvalue weighted by atomic mass is 10.2. The van der Waals surface area contributed by atoms with E-state index in [0.29, 0.717) is 12.1 Å². The zero-order valence-electron chi connectivity index (χ0n) is 13.9. The molecule has 0 aliphatic heterocycles. The number of benzene rings is 1. The van der Waals surface area contributed by atoms with Crippen LogP contribution in [0.2, 0.25) is 0 Å². The van der Waals surface area contributed by atoms with E-state index in [9.17, 15) is 4.79 Å². The van der Waals surface area contributed by atoms with Crippen molar-refractivity contribution in [1.29, 1.82) is 0 Å². The number of aromatic nitrogens is 2. The monoisotopic (exact) mass is 351 g/mol. The highest BCUT2D eigenvalue weighted by Gasteiger charge is 2.18. The van der Waals surface area contributed by atoms with Crippen molar-refractivity contribution in [2.24, 2.45) is 0 Å². The van der Waals surface area contributed by atoms with Gasteiger partial charge in [0.15, 0.2) is 5.13 Å². The average Bonchev–Trinajstić information content (AvgIpc) is 3.31. The van der Waals surface area contributed by atoms with Gasteiger partial charge in [-0.05, 0) is 32.0 Å². The molecule has 0 radical (unpaired) electrons. The highest BCUT2D eigenvalue weighted by Crippen LogP contribution is 2.23. The summed E-state index contributed by atoms with van der Waals surface area (Å²) in [6.07, 6.45) is 1.76. The summed E-state index contributed by atoms with van der Waals surface area (Å²) in [6.45, 7) is 4.27. The second-order valence-electron chi connectivity index (χ2n) is 5.87. The van der Waals surface area contributed by atoms with Crippen LogP contribution in [0.1, 0.15) is 27.5 Å². The van der Waals surface area contributed by atoms with Crippen LogP contribution >= 0.6 is 11.3 Å². The van der Waals surface area contributed by atoms with E-state index in [0.717, 1.165) is 33.2 Å². The van der Waals surface area contributed by atoms with Crippen LogP contribution in [-0.2, 0) is 6.54 Å². The van der Waals surface area contributed by atoms with Crippen molar-refractivity contribution in [3.8, 4) is 5.13 Å². The molecular formula is C19H17N3O2S. The van der Waals surface area contributed by atoms with Gasteiger partial charge in [0.05, 0.1) is 12.1 Å². The lowest BCUT2D eigenvalue weighted by Crippen LogP contribution is -2.23. The molecule has 1 amide bonds. The smallest absolute Gasteiger partial charge is 0.253 e. The SMILES string of the molecule is Cc1cc(C(=O)NCc2cc3ccccc3o2)c(C)n1-c1nccs1. The van der Waals surface area contributed by atoms with E-state index >= 15 is 0 Å². The molecule has 1 aromatic carbocycles. The lowest BCUT2D eigenvalue weighted by Gasteiger charge is -2.06. The van der Waals surface area contributed by atoms with Crippen LogP contribution in [0.5, 0.6) is 0 Å². The molecule has 0 saturated carbocycles. The van der Waals surface area contributed by atoms with Crippen LogP contribution in [0, 0.1) is 13.8 Å². The van der Waals surface area contributed by atoms with E-state index in [4.69, 9.17) is 4.42 Å². The minimum absolute atomic E-state index is 0.114. The molecule has 6 heteroatoms. The molecule has 25 heavy (non-hydrogen) atoms. The summed E-state index contributed by atoms with van der Waals surface area (Å²) in [5.41, 5.74) is 3.36. The summed E-state index contributed by atoms with van der Waals surface area (Å²) in [5.74, 6) is 0.625. The normalized spacial score (nSPS) is 11.1. The third-order valence-corrected chi connectivity index (χ3v) is 4.94. The summed E-state index contributed by atoms with van der Waals surface area (Å²) in [5, 5.41) is 6.77. The first-order valence-electron chi connectivity index (χ1n) is 7.98. The van der Waals surface area contributed by atoms with Crippen LogP contribution in [0.15, 0.2) is 52.4 Å². The summed E-state index contributed by atoms with van der Waals surface area (Å²) in [4.78, 5) is 16.9. The Bertz CT molecular complexity index is 1010. The molecule has 0 atom stereocenters. The molecule has 0 fully saturated rings. The Morgan fingerprint density at radius 1 is 1.28 bits per heavy atom. The van der Waals surface area contributed by atoms with E-state index < -0.39 is 0 Å². The summed E-state index contributed by atoms with van der Waals surface area (Å²) < 4.78 is 7.74. The van der Waals surface area contributed by atoms with Crippen molar-refractivity contribution in [3.63, 3.8) is 0 Å². The highest BCUT2D eigenvalue weighted by molar-refractivity contribution is 7.12. The number of furan rings is 1. The molecule has 5 nitrogen and oxygen atoms in total. The Morgan fingerprint density at radius 2 is 2.12 bits per heavy atom. The molecule has 0 saturated heterocycles. The molecule has 1 N–H and O–H groups in total. The maximum Gasteiger partial charge on any atom is 0.253 e. The zero-order valence-corrected chi connectivity index (χ0v) is 14.8. The molecule has 3 aromatic heterocycles. The van der Waals surface area contributed by atoms with E-state index in [1.165, 1.54) is 0 Å². The van der Waals surface area contributed by atoms with Crippen LogP contribution in [-0.4, -0.2) is 15.5 Å². The average molecular weight is 351 g/mol. The molecule has 4 aromatic rings. The van der Waals surface area contributed by atoms with E-state index in [-0.39, 0.29) is 5.91 Å². The van der Waals surface area contributed by atoms with Gasteiger partial charge in [-0.25, -0.2) is 4.98 Å². The zero-order chi connectivity index (χ0) is 17.4. The fourth-order valence-electron chi connectivity index (χ4n) is 3.00. The highest BCUT2D eigenvalue weighted by atomic mass is 32.1. The second-order valence-corrected chi connectivity index (χ2v) is 6.74. The Labute approximate surface area is 148 Å². The number of aryl methyl sites for hydroxylation is 1. The summed E-state index contributed by atoms with van der Waals surface area (Å²) in [6, 6.07) is 11.7. The van der Waals surface area contributed by atoms with E-state index in [1.807, 2.05) is 60.2 Å². The number of hydrogen-bond donors (Lipinski definition) is 1. The predicted molar refractivity (Wildman–Crippen MR) is 98.3 cm³/mol. The molecule has 4 rings (SSSR count). The number of nitrogens with zero attached hydrogens (tertiary/aromatic N) is 2. The Morgan fingerprint density at radius 3 is 2.88 bits per heavy atom. The van der Waals surface area contributed by atoms with Crippen LogP contribution in [0.4, 0.5) is 0 Å². The molecule has 0 unspecified atom stereocenters. The first-order valence-corrected chi connectivity index (χ1v) is 8.86. The van der Waals surface area contributed by atoms with Gasteiger partial charge in [0.25, 0.3) is 5.91 Å². The number of fused-ring (bicyclic) bond motifs is 1. The number of carbonyl (C=O) groups excluding carboxylic acids is 1. The van der Waals surface area contributed by atoms with E-state index in [2.05, 4.69) is 10.3 Å². The van der Waals surface area contributed by atoms with Crippen molar-refractivity contribution in [2.75, 3.05) is 0 Å². The fraction of sp³-hybridized carbons (Fsp3) is 0.158. The van der Waals surface area contributed by atoms with Crippen molar-refractivity contribution in [1.82, 2.24) is 14.9 Å². The number of thiazole rings is 1. The molecule has 0 bridgehead atoms. The quantitative estimate of drug-likeness (QED) is 0.599. The van der Waals surface area contributed by atoms with Crippen molar-refractivity contribution >= 4 is 28.2 Å². The van der Waals surface area contributed by atoms with Crippen LogP contribution < -0.4 is 5.32 Å². The maximum atomic E-state index is 12.6. The minimum Gasteiger partial charge on any atom is -0.459 e.